The van der Waals surface area contributed by atoms with Crippen molar-refractivity contribution < 1.29 is 18.9 Å². The molecule has 16 rings (SSSR count). The standard InChI is InChI=1S/C40H26O.C26H19BO2.C14H9BrO/c1-3-11-27(12-4-1)31-23-24-38-36(25-31)37(26-41-38)28-19-21-30(22-20-28)40-34-17-9-7-15-32(34)39(29-13-5-2-6-14-29)33-16-8-10-18-35(33)40;28-27(29)20-16-14-19(15-17-20)26-23-12-6-4-10-21(23)25(18-8-2-1-3-9-18)22-11-5-7-13-24(22)26;15-13-9-16-14-7-6-11(8-12(13)14)10-4-2-1-3-5-10/h1-26H;1-17,28-29H;1-9H. The molecule has 0 atom stereocenters. The zero-order valence-electron chi connectivity index (χ0n) is 46.7. The number of hydrogen-bond donors (Lipinski definition) is 2. The average molecular weight is 1170 g/mol. The maximum absolute atomic E-state index is 9.45. The van der Waals surface area contributed by atoms with Gasteiger partial charge in [0.1, 0.15) is 17.4 Å². The summed E-state index contributed by atoms with van der Waals surface area (Å²) in [7, 11) is -1.46. The van der Waals surface area contributed by atoms with E-state index in [1.807, 2.05) is 48.7 Å². The molecule has 16 aromatic rings. The van der Waals surface area contributed by atoms with Crippen LogP contribution in [0.4, 0.5) is 0 Å². The van der Waals surface area contributed by atoms with E-state index < -0.39 is 7.12 Å². The van der Waals surface area contributed by atoms with E-state index in [1.165, 1.54) is 98.7 Å². The average Bonchev–Trinajstić information content (AvgIpc) is 1.07. The van der Waals surface area contributed by atoms with Crippen molar-refractivity contribution in [3.63, 3.8) is 0 Å². The van der Waals surface area contributed by atoms with Crippen molar-refractivity contribution in [3.8, 4) is 77.9 Å². The lowest BCUT2D eigenvalue weighted by Gasteiger charge is -2.17. The minimum atomic E-state index is -1.46. The summed E-state index contributed by atoms with van der Waals surface area (Å²) in [5, 5.41) is 31.0. The molecule has 6 heteroatoms. The van der Waals surface area contributed by atoms with E-state index in [0.29, 0.717) is 5.46 Å². The monoisotopic (exact) mass is 1170 g/mol. The molecule has 0 spiro atoms. The molecular weight excluding hydrogens is 1120 g/mol. The van der Waals surface area contributed by atoms with Crippen LogP contribution in [0, 0.1) is 0 Å². The van der Waals surface area contributed by atoms with E-state index in [-0.39, 0.29) is 0 Å². The molecule has 0 amide bonds. The zero-order chi connectivity index (χ0) is 57.9. The summed E-state index contributed by atoms with van der Waals surface area (Å²) in [5.41, 5.74) is 19.0. The molecule has 2 heterocycles. The highest BCUT2D eigenvalue weighted by Crippen LogP contribution is 2.46. The highest BCUT2D eigenvalue weighted by atomic mass is 79.9. The number of benzene rings is 14. The molecule has 0 unspecified atom stereocenters. The van der Waals surface area contributed by atoms with Gasteiger partial charge >= 0.3 is 7.12 Å². The van der Waals surface area contributed by atoms with Crippen molar-refractivity contribution in [3.05, 3.63) is 320 Å². The van der Waals surface area contributed by atoms with Crippen LogP contribution in [0.3, 0.4) is 0 Å². The molecule has 0 aliphatic carbocycles. The number of hydrogen-bond acceptors (Lipinski definition) is 4. The number of rotatable bonds is 8. The Morgan fingerprint density at radius 3 is 0.895 bits per heavy atom. The predicted molar refractivity (Wildman–Crippen MR) is 364 cm³/mol. The lowest BCUT2D eigenvalue weighted by molar-refractivity contribution is 0.426. The van der Waals surface area contributed by atoms with Crippen molar-refractivity contribution in [1.29, 1.82) is 0 Å². The highest BCUT2D eigenvalue weighted by molar-refractivity contribution is 9.10. The summed E-state index contributed by atoms with van der Waals surface area (Å²) in [6, 6.07) is 106. The molecule has 4 nitrogen and oxygen atoms in total. The molecule has 0 aliphatic rings. The number of fused-ring (bicyclic) bond motifs is 6. The van der Waals surface area contributed by atoms with Gasteiger partial charge in [-0.05, 0) is 161 Å². The van der Waals surface area contributed by atoms with Crippen LogP contribution in [-0.4, -0.2) is 17.2 Å². The molecule has 408 valence electrons. The van der Waals surface area contributed by atoms with Gasteiger partial charge in [0.05, 0.1) is 10.7 Å². The van der Waals surface area contributed by atoms with Gasteiger partial charge in [0.2, 0.25) is 0 Å². The van der Waals surface area contributed by atoms with E-state index in [2.05, 4.69) is 265 Å². The normalized spacial score (nSPS) is 11.2. The van der Waals surface area contributed by atoms with Crippen LogP contribution < -0.4 is 5.46 Å². The minimum absolute atomic E-state index is 0.489. The number of furan rings is 2. The zero-order valence-corrected chi connectivity index (χ0v) is 48.3. The van der Waals surface area contributed by atoms with Crippen molar-refractivity contribution >= 4 is 93.5 Å². The van der Waals surface area contributed by atoms with E-state index in [1.54, 1.807) is 18.4 Å². The van der Waals surface area contributed by atoms with Crippen molar-refractivity contribution in [2.75, 3.05) is 0 Å². The van der Waals surface area contributed by atoms with E-state index >= 15 is 0 Å². The van der Waals surface area contributed by atoms with Gasteiger partial charge in [-0.2, -0.15) is 0 Å². The molecule has 0 aliphatic heterocycles. The SMILES string of the molecule is Brc1coc2ccc(-c3ccccc3)cc12.OB(O)c1ccc(-c2c3ccccc3c(-c3ccccc3)c3ccccc23)cc1.c1ccc(-c2ccc3occ(-c4ccc(-c5c6ccccc6c(-c6ccccc6)c6ccccc56)cc4)c3c2)cc1. The van der Waals surface area contributed by atoms with Gasteiger partial charge < -0.3 is 18.9 Å². The highest BCUT2D eigenvalue weighted by Gasteiger charge is 2.20. The molecule has 86 heavy (non-hydrogen) atoms. The quantitative estimate of drug-likeness (QED) is 0.118. The molecule has 0 fully saturated rings. The third kappa shape index (κ3) is 10.4. The first-order chi connectivity index (χ1) is 42.4. The Balaban J connectivity index is 0.000000126. The van der Waals surface area contributed by atoms with Gasteiger partial charge in [0.15, 0.2) is 0 Å². The molecule has 0 bridgehead atoms. The number of halogens is 1. The maximum Gasteiger partial charge on any atom is 0.488 e. The lowest BCUT2D eigenvalue weighted by atomic mass is 9.79. The van der Waals surface area contributed by atoms with Crippen LogP contribution in [-0.2, 0) is 0 Å². The van der Waals surface area contributed by atoms with Gasteiger partial charge in [-0.3, -0.25) is 0 Å². The molecule has 0 saturated heterocycles. The van der Waals surface area contributed by atoms with Crippen molar-refractivity contribution in [2.45, 2.75) is 0 Å². The Bertz CT molecular complexity index is 4950. The molecule has 2 aromatic heterocycles. The fourth-order valence-corrected chi connectivity index (χ4v) is 12.6. The molecule has 14 aromatic carbocycles. The third-order valence-corrected chi connectivity index (χ3v) is 16.9. The van der Waals surface area contributed by atoms with Crippen molar-refractivity contribution in [1.82, 2.24) is 0 Å². The van der Waals surface area contributed by atoms with Crippen LogP contribution in [0.5, 0.6) is 0 Å². The molecule has 2 N–H and O–H groups in total. The maximum atomic E-state index is 9.45. The largest absolute Gasteiger partial charge is 0.488 e. The Morgan fingerprint density at radius 1 is 0.244 bits per heavy atom. The summed E-state index contributed by atoms with van der Waals surface area (Å²) in [5.74, 6) is 0. The Morgan fingerprint density at radius 2 is 0.523 bits per heavy atom. The summed E-state index contributed by atoms with van der Waals surface area (Å²) in [6.07, 6.45) is 3.60. The molecule has 0 saturated carbocycles. The summed E-state index contributed by atoms with van der Waals surface area (Å²) in [6.45, 7) is 0. The van der Waals surface area contributed by atoms with Gasteiger partial charge in [0, 0.05) is 16.3 Å². The van der Waals surface area contributed by atoms with E-state index in [0.717, 1.165) is 48.7 Å². The Kier molecular flexibility index (Phi) is 14.8. The fraction of sp³-hybridized carbons (Fsp3) is 0. The van der Waals surface area contributed by atoms with E-state index in [9.17, 15) is 10.0 Å². The van der Waals surface area contributed by atoms with Crippen LogP contribution in [0.25, 0.3) is 143 Å². The van der Waals surface area contributed by atoms with Gasteiger partial charge in [-0.25, -0.2) is 0 Å². The first kappa shape index (κ1) is 53.7. The fourth-order valence-electron chi connectivity index (χ4n) is 12.2. The van der Waals surface area contributed by atoms with Crippen LogP contribution in [0.1, 0.15) is 0 Å². The smallest absolute Gasteiger partial charge is 0.464 e. The summed E-state index contributed by atoms with van der Waals surface area (Å²) < 4.78 is 12.4. The Labute approximate surface area is 507 Å². The Hall–Kier alpha value is -10.3. The second-order valence-corrected chi connectivity index (χ2v) is 22.2. The van der Waals surface area contributed by atoms with Crippen LogP contribution in [0.15, 0.2) is 329 Å². The summed E-state index contributed by atoms with van der Waals surface area (Å²) >= 11 is 3.48. The predicted octanol–water partition coefficient (Wildman–Crippen LogP) is 21.3. The summed E-state index contributed by atoms with van der Waals surface area (Å²) in [4.78, 5) is 0. The first-order valence-corrected chi connectivity index (χ1v) is 29.6. The minimum Gasteiger partial charge on any atom is -0.464 e. The van der Waals surface area contributed by atoms with Crippen LogP contribution >= 0.6 is 15.9 Å². The molecule has 0 radical (unpaired) electrons. The van der Waals surface area contributed by atoms with Gasteiger partial charge in [-0.1, -0.05) is 279 Å². The molecular formula is C80H54BBrO4. The lowest BCUT2D eigenvalue weighted by Crippen LogP contribution is -2.29. The second kappa shape index (κ2) is 23.7. The first-order valence-electron chi connectivity index (χ1n) is 28.8. The van der Waals surface area contributed by atoms with Gasteiger partial charge in [-0.15, -0.1) is 0 Å². The van der Waals surface area contributed by atoms with Gasteiger partial charge in [0.25, 0.3) is 0 Å². The van der Waals surface area contributed by atoms with Crippen molar-refractivity contribution in [2.24, 2.45) is 0 Å². The third-order valence-electron chi connectivity index (χ3n) is 16.3. The topological polar surface area (TPSA) is 66.7 Å². The second-order valence-electron chi connectivity index (χ2n) is 21.4. The van der Waals surface area contributed by atoms with Crippen LogP contribution in [0.2, 0.25) is 0 Å². The van der Waals surface area contributed by atoms with E-state index in [4.69, 9.17) is 8.83 Å².